The molecule has 0 unspecified atom stereocenters. The van der Waals surface area contributed by atoms with Gasteiger partial charge >= 0.3 is 0 Å². The number of nitrogens with zero attached hydrogens (tertiary/aromatic N) is 2. The fourth-order valence-electron chi connectivity index (χ4n) is 4.62. The standard InChI is InChI=1S/C20H22N2O4/c1-12(23)22-9-6-13-10-16(25-2)19(26-3)18-17(13)15(22)11-20(18)7-4-14(21-24)5-8-20/h4-5,7-8,10,15,24H,6,9,11H2,1-3H3/t15-,20?/m0/s1. The summed E-state index contributed by atoms with van der Waals surface area (Å²) in [7, 11) is 3.29. The van der Waals surface area contributed by atoms with Crippen molar-refractivity contribution >= 4 is 11.6 Å². The lowest BCUT2D eigenvalue weighted by atomic mass is 9.77. The van der Waals surface area contributed by atoms with Crippen LogP contribution in [-0.2, 0) is 16.6 Å². The van der Waals surface area contributed by atoms with E-state index < -0.39 is 5.41 Å². The maximum atomic E-state index is 12.2. The molecule has 0 radical (unpaired) electrons. The molecule has 6 heteroatoms. The van der Waals surface area contributed by atoms with Gasteiger partial charge in [-0.05, 0) is 42.2 Å². The number of ether oxygens (including phenoxy) is 2. The van der Waals surface area contributed by atoms with E-state index in [4.69, 9.17) is 14.7 Å². The lowest BCUT2D eigenvalue weighted by Gasteiger charge is -2.35. The van der Waals surface area contributed by atoms with Gasteiger partial charge in [-0.1, -0.05) is 17.3 Å². The molecule has 1 aliphatic heterocycles. The van der Waals surface area contributed by atoms with E-state index >= 15 is 0 Å². The highest BCUT2D eigenvalue weighted by atomic mass is 16.5. The van der Waals surface area contributed by atoms with Crippen molar-refractivity contribution in [2.45, 2.75) is 31.2 Å². The molecule has 3 aliphatic rings. The Balaban J connectivity index is 1.98. The highest BCUT2D eigenvalue weighted by molar-refractivity contribution is 6.05. The molecular weight excluding hydrogens is 332 g/mol. The lowest BCUT2D eigenvalue weighted by molar-refractivity contribution is -0.131. The SMILES string of the molecule is COc1cc2c3c(c1OC)C1(C=CC(=NO)C=C1)C[C@@H]3N(C(C)=O)CC2. The monoisotopic (exact) mass is 354 g/mol. The number of benzene rings is 1. The van der Waals surface area contributed by atoms with E-state index in [1.54, 1.807) is 33.3 Å². The number of carbonyl (C=O) groups excluding carboxylic acids is 1. The molecule has 1 aromatic rings. The summed E-state index contributed by atoms with van der Waals surface area (Å²) < 4.78 is 11.3. The molecule has 1 amide bonds. The molecule has 0 saturated heterocycles. The predicted molar refractivity (Wildman–Crippen MR) is 97.2 cm³/mol. The van der Waals surface area contributed by atoms with E-state index in [1.807, 2.05) is 23.1 Å². The van der Waals surface area contributed by atoms with Crippen LogP contribution >= 0.6 is 0 Å². The highest BCUT2D eigenvalue weighted by Gasteiger charge is 2.49. The summed E-state index contributed by atoms with van der Waals surface area (Å²) >= 11 is 0. The summed E-state index contributed by atoms with van der Waals surface area (Å²) in [5, 5.41) is 12.3. The Hall–Kier alpha value is -2.76. The van der Waals surface area contributed by atoms with Gasteiger partial charge in [0.1, 0.15) is 5.71 Å². The Kier molecular flexibility index (Phi) is 3.79. The molecule has 1 aromatic carbocycles. The minimum absolute atomic E-state index is 0.00738. The predicted octanol–water partition coefficient (Wildman–Crippen LogP) is 2.75. The number of hydrogen-bond acceptors (Lipinski definition) is 5. The first-order valence-electron chi connectivity index (χ1n) is 8.70. The van der Waals surface area contributed by atoms with E-state index in [2.05, 4.69) is 5.16 Å². The van der Waals surface area contributed by atoms with Gasteiger partial charge in [0, 0.05) is 24.4 Å². The lowest BCUT2D eigenvalue weighted by Crippen LogP contribution is -2.38. The third-order valence-corrected chi connectivity index (χ3v) is 5.75. The Morgan fingerprint density at radius 3 is 2.62 bits per heavy atom. The van der Waals surface area contributed by atoms with Gasteiger partial charge in [-0.25, -0.2) is 0 Å². The average molecular weight is 354 g/mol. The second-order valence-electron chi connectivity index (χ2n) is 6.97. The van der Waals surface area contributed by atoms with Gasteiger partial charge in [0.2, 0.25) is 5.91 Å². The van der Waals surface area contributed by atoms with Crippen molar-refractivity contribution in [1.29, 1.82) is 0 Å². The first kappa shape index (κ1) is 16.7. The molecule has 1 spiro atoms. The minimum atomic E-state index is -0.416. The van der Waals surface area contributed by atoms with Gasteiger partial charge in [-0.15, -0.1) is 0 Å². The van der Waals surface area contributed by atoms with Crippen LogP contribution in [0.3, 0.4) is 0 Å². The maximum absolute atomic E-state index is 12.2. The van der Waals surface area contributed by atoms with Crippen molar-refractivity contribution in [3.63, 3.8) is 0 Å². The zero-order valence-electron chi connectivity index (χ0n) is 15.2. The van der Waals surface area contributed by atoms with Crippen LogP contribution in [0.1, 0.15) is 36.1 Å². The average Bonchev–Trinajstić information content (AvgIpc) is 2.98. The van der Waals surface area contributed by atoms with Crippen molar-refractivity contribution in [3.8, 4) is 11.5 Å². The van der Waals surface area contributed by atoms with Crippen LogP contribution < -0.4 is 9.47 Å². The molecule has 26 heavy (non-hydrogen) atoms. The van der Waals surface area contributed by atoms with Crippen molar-refractivity contribution < 1.29 is 19.5 Å². The Morgan fingerprint density at radius 1 is 1.31 bits per heavy atom. The van der Waals surface area contributed by atoms with Gasteiger partial charge in [-0.2, -0.15) is 0 Å². The van der Waals surface area contributed by atoms with Crippen LogP contribution in [-0.4, -0.2) is 42.5 Å². The Labute approximate surface area is 152 Å². The van der Waals surface area contributed by atoms with Gasteiger partial charge in [0.25, 0.3) is 0 Å². The van der Waals surface area contributed by atoms with Gasteiger partial charge < -0.3 is 19.6 Å². The van der Waals surface area contributed by atoms with Crippen molar-refractivity contribution in [3.05, 3.63) is 47.1 Å². The third-order valence-electron chi connectivity index (χ3n) is 5.75. The number of amides is 1. The second-order valence-corrected chi connectivity index (χ2v) is 6.97. The van der Waals surface area contributed by atoms with E-state index in [9.17, 15) is 4.79 Å². The molecule has 4 rings (SSSR count). The number of rotatable bonds is 2. The Morgan fingerprint density at radius 2 is 2.04 bits per heavy atom. The zero-order chi connectivity index (χ0) is 18.5. The Bertz CT molecular complexity index is 853. The van der Waals surface area contributed by atoms with Crippen LogP contribution in [0.4, 0.5) is 0 Å². The minimum Gasteiger partial charge on any atom is -0.493 e. The number of oxime groups is 1. The second kappa shape index (κ2) is 5.90. The van der Waals surface area contributed by atoms with Crippen molar-refractivity contribution in [1.82, 2.24) is 4.90 Å². The number of methoxy groups -OCH3 is 2. The van der Waals surface area contributed by atoms with Crippen LogP contribution in [0.25, 0.3) is 0 Å². The van der Waals surface area contributed by atoms with Crippen molar-refractivity contribution in [2.75, 3.05) is 20.8 Å². The van der Waals surface area contributed by atoms with Crippen molar-refractivity contribution in [2.24, 2.45) is 5.16 Å². The number of hydrogen-bond donors (Lipinski definition) is 1. The summed E-state index contributed by atoms with van der Waals surface area (Å²) in [6.07, 6.45) is 9.23. The maximum Gasteiger partial charge on any atom is 0.219 e. The molecule has 0 aromatic heterocycles. The summed E-state index contributed by atoms with van der Waals surface area (Å²) in [5.74, 6) is 1.50. The largest absolute Gasteiger partial charge is 0.493 e. The molecule has 1 atom stereocenters. The number of allylic oxidation sites excluding steroid dienone is 4. The first-order chi connectivity index (χ1) is 12.5. The third kappa shape index (κ3) is 2.18. The smallest absolute Gasteiger partial charge is 0.219 e. The van der Waals surface area contributed by atoms with E-state index in [0.29, 0.717) is 23.8 Å². The normalized spacial score (nSPS) is 25.4. The fourth-order valence-corrected chi connectivity index (χ4v) is 4.62. The molecule has 1 N–H and O–H groups in total. The molecule has 0 fully saturated rings. The van der Waals surface area contributed by atoms with Crippen LogP contribution in [0.15, 0.2) is 35.5 Å². The van der Waals surface area contributed by atoms with Gasteiger partial charge in [0.05, 0.1) is 20.3 Å². The molecule has 0 saturated carbocycles. The summed E-state index contributed by atoms with van der Waals surface area (Å²) in [5.41, 5.74) is 3.51. The van der Waals surface area contributed by atoms with Gasteiger partial charge in [0.15, 0.2) is 11.5 Å². The van der Waals surface area contributed by atoms with E-state index in [0.717, 1.165) is 18.4 Å². The topological polar surface area (TPSA) is 71.4 Å². The molecular formula is C20H22N2O4. The molecule has 2 aliphatic carbocycles. The summed E-state index contributed by atoms with van der Waals surface area (Å²) in [6.45, 7) is 2.33. The molecule has 136 valence electrons. The summed E-state index contributed by atoms with van der Waals surface area (Å²) in [6, 6.07) is 2.05. The zero-order valence-corrected chi connectivity index (χ0v) is 15.2. The quantitative estimate of drug-likeness (QED) is 0.655. The molecule has 1 heterocycles. The first-order valence-corrected chi connectivity index (χ1v) is 8.70. The van der Waals surface area contributed by atoms with Gasteiger partial charge in [-0.3, -0.25) is 4.79 Å². The molecule has 6 nitrogen and oxygen atoms in total. The fraction of sp³-hybridized carbons (Fsp3) is 0.400. The molecule has 0 bridgehead atoms. The van der Waals surface area contributed by atoms with E-state index in [1.165, 1.54) is 11.1 Å². The van der Waals surface area contributed by atoms with E-state index in [-0.39, 0.29) is 11.9 Å². The van der Waals surface area contributed by atoms with Crippen LogP contribution in [0, 0.1) is 0 Å². The van der Waals surface area contributed by atoms with Crippen LogP contribution in [0.5, 0.6) is 11.5 Å². The number of carbonyl (C=O) groups is 1. The number of fused-ring (bicyclic) bond motifs is 1. The highest BCUT2D eigenvalue weighted by Crippen LogP contribution is 2.58. The summed E-state index contributed by atoms with van der Waals surface area (Å²) in [4.78, 5) is 14.2. The van der Waals surface area contributed by atoms with Crippen LogP contribution in [0.2, 0.25) is 0 Å².